The van der Waals surface area contributed by atoms with Gasteiger partial charge in [-0.15, -0.1) is 0 Å². The third-order valence-corrected chi connectivity index (χ3v) is 5.97. The summed E-state index contributed by atoms with van der Waals surface area (Å²) in [6.45, 7) is 1.05. The number of aromatic nitrogens is 2. The number of anilines is 6. The van der Waals surface area contributed by atoms with E-state index in [1.807, 2.05) is 0 Å². The second kappa shape index (κ2) is 8.48. The molecule has 184 valence electrons. The highest BCUT2D eigenvalue weighted by atomic mass is 19.1. The summed E-state index contributed by atoms with van der Waals surface area (Å²) in [4.78, 5) is 49.9. The molecule has 0 saturated heterocycles. The van der Waals surface area contributed by atoms with Crippen LogP contribution >= 0.6 is 0 Å². The maximum absolute atomic E-state index is 14.5. The molecule has 8 bridgehead atoms. The van der Waals surface area contributed by atoms with Crippen LogP contribution in [0.2, 0.25) is 0 Å². The minimum absolute atomic E-state index is 0.0986. The lowest BCUT2D eigenvalue weighted by molar-refractivity contribution is -0.154. The van der Waals surface area contributed by atoms with E-state index in [1.54, 1.807) is 43.4 Å². The number of likely N-dealkylation sites (N-methyl/N-ethyl adjacent to an activating group) is 2. The standard InChI is InChI=1S/C24H22FN7O4/c1-24-21(34)29-17-10-14(7-8-18(17)36-24)27-20-16(25)11-26-23(30-20)28-13-5-4-6-15(9-13)32(3)19(33)12-31(2)22(24)35/h4-11H,12H2,1-3H3,(H,29,34)(H2,26,27,28,30). The highest BCUT2D eigenvalue weighted by Crippen LogP contribution is 2.37. The lowest BCUT2D eigenvalue weighted by Gasteiger charge is -2.36. The molecule has 0 aliphatic carbocycles. The average Bonchev–Trinajstić information content (AvgIpc) is 2.85. The molecule has 0 saturated carbocycles. The van der Waals surface area contributed by atoms with Crippen molar-refractivity contribution in [1.29, 1.82) is 0 Å². The van der Waals surface area contributed by atoms with Gasteiger partial charge in [-0.1, -0.05) is 6.07 Å². The Morgan fingerprint density at radius 3 is 2.61 bits per heavy atom. The molecule has 5 heterocycles. The van der Waals surface area contributed by atoms with E-state index in [1.165, 1.54) is 24.9 Å². The van der Waals surface area contributed by atoms with Crippen LogP contribution in [0.3, 0.4) is 0 Å². The maximum atomic E-state index is 14.5. The Morgan fingerprint density at radius 1 is 1.03 bits per heavy atom. The van der Waals surface area contributed by atoms with Gasteiger partial charge in [-0.05, 0) is 43.3 Å². The number of amides is 3. The fraction of sp³-hybridized carbons (Fsp3) is 0.208. The van der Waals surface area contributed by atoms with Gasteiger partial charge in [-0.25, -0.2) is 9.37 Å². The number of nitrogens with zero attached hydrogens (tertiary/aromatic N) is 4. The van der Waals surface area contributed by atoms with Crippen LogP contribution in [0.25, 0.3) is 0 Å². The van der Waals surface area contributed by atoms with Gasteiger partial charge in [0.1, 0.15) is 5.75 Å². The number of ether oxygens (including phenoxy) is 1. The molecule has 1 aromatic heterocycles. The average molecular weight is 491 g/mol. The molecule has 11 nitrogen and oxygen atoms in total. The fourth-order valence-electron chi connectivity index (χ4n) is 3.91. The summed E-state index contributed by atoms with van der Waals surface area (Å²) in [5.41, 5.74) is -0.0942. The number of carbonyl (C=O) groups is 3. The summed E-state index contributed by atoms with van der Waals surface area (Å²) in [6, 6.07) is 11.5. The van der Waals surface area contributed by atoms with Crippen LogP contribution in [0.4, 0.5) is 38.9 Å². The van der Waals surface area contributed by atoms with Gasteiger partial charge in [0, 0.05) is 31.2 Å². The monoisotopic (exact) mass is 491 g/mol. The first kappa shape index (κ1) is 23.0. The molecule has 2 aromatic carbocycles. The molecule has 36 heavy (non-hydrogen) atoms. The van der Waals surface area contributed by atoms with E-state index in [0.29, 0.717) is 17.1 Å². The van der Waals surface area contributed by atoms with Crippen molar-refractivity contribution in [2.24, 2.45) is 0 Å². The molecule has 0 radical (unpaired) electrons. The third-order valence-electron chi connectivity index (χ3n) is 5.97. The topological polar surface area (TPSA) is 129 Å². The summed E-state index contributed by atoms with van der Waals surface area (Å²) in [5, 5.41) is 8.54. The van der Waals surface area contributed by atoms with Crippen molar-refractivity contribution in [1.82, 2.24) is 14.9 Å². The normalized spacial score (nSPS) is 19.5. The molecule has 1 atom stereocenters. The first-order valence-corrected chi connectivity index (χ1v) is 11.0. The SMILES string of the molecule is CN1CC(=O)N(C)c2cccc(c2)Nc2ncc(F)c(n2)Nc2ccc3c(c2)NC(=O)C(C)(O3)C1=O. The third kappa shape index (κ3) is 4.02. The molecule has 3 N–H and O–H groups in total. The van der Waals surface area contributed by atoms with Crippen molar-refractivity contribution in [2.75, 3.05) is 41.5 Å². The fourth-order valence-corrected chi connectivity index (χ4v) is 3.91. The number of nitrogens with one attached hydrogen (secondary N) is 3. The molecule has 4 aliphatic rings. The Hall–Kier alpha value is -4.74. The minimum atomic E-state index is -1.89. The van der Waals surface area contributed by atoms with Gasteiger partial charge in [0.15, 0.2) is 11.6 Å². The summed E-state index contributed by atoms with van der Waals surface area (Å²) in [5.74, 6) is -2.20. The number of benzene rings is 2. The van der Waals surface area contributed by atoms with Crippen LogP contribution in [-0.2, 0) is 14.4 Å². The van der Waals surface area contributed by atoms with Crippen molar-refractivity contribution < 1.29 is 23.5 Å². The van der Waals surface area contributed by atoms with Crippen LogP contribution < -0.4 is 25.6 Å². The molecule has 0 spiro atoms. The van der Waals surface area contributed by atoms with Crippen LogP contribution in [0, 0.1) is 5.82 Å². The number of carbonyl (C=O) groups excluding carboxylic acids is 3. The predicted octanol–water partition coefficient (Wildman–Crippen LogP) is 2.63. The highest BCUT2D eigenvalue weighted by molar-refractivity contribution is 6.16. The number of hydrogen-bond donors (Lipinski definition) is 3. The van der Waals surface area contributed by atoms with Crippen molar-refractivity contribution in [3.63, 3.8) is 0 Å². The molecule has 12 heteroatoms. The molecule has 3 aromatic rings. The summed E-state index contributed by atoms with van der Waals surface area (Å²) in [7, 11) is 3.00. The van der Waals surface area contributed by atoms with E-state index >= 15 is 0 Å². The molecule has 0 fully saturated rings. The van der Waals surface area contributed by atoms with Gasteiger partial charge in [0.25, 0.3) is 17.4 Å². The first-order chi connectivity index (χ1) is 17.1. The zero-order valence-electron chi connectivity index (χ0n) is 19.6. The van der Waals surface area contributed by atoms with Crippen molar-refractivity contribution >= 4 is 52.2 Å². The minimum Gasteiger partial charge on any atom is -0.466 e. The van der Waals surface area contributed by atoms with Gasteiger partial charge in [0.05, 0.1) is 18.4 Å². The van der Waals surface area contributed by atoms with E-state index < -0.39 is 29.1 Å². The smallest absolute Gasteiger partial charge is 0.278 e. The second-order valence-electron chi connectivity index (χ2n) is 8.60. The van der Waals surface area contributed by atoms with E-state index in [-0.39, 0.29) is 29.7 Å². The predicted molar refractivity (Wildman–Crippen MR) is 130 cm³/mol. The summed E-state index contributed by atoms with van der Waals surface area (Å²) in [6.07, 6.45) is 1.02. The molecular formula is C24H22FN7O4. The number of rotatable bonds is 0. The summed E-state index contributed by atoms with van der Waals surface area (Å²) < 4.78 is 20.3. The first-order valence-electron chi connectivity index (χ1n) is 11.0. The van der Waals surface area contributed by atoms with Gasteiger partial charge < -0.3 is 30.5 Å². The Labute approximate surface area is 205 Å². The van der Waals surface area contributed by atoms with E-state index in [4.69, 9.17) is 4.74 Å². The highest BCUT2D eigenvalue weighted by Gasteiger charge is 2.49. The zero-order valence-corrected chi connectivity index (χ0v) is 19.6. The van der Waals surface area contributed by atoms with Gasteiger partial charge in [-0.3, -0.25) is 14.4 Å². The van der Waals surface area contributed by atoms with Gasteiger partial charge in [0.2, 0.25) is 11.9 Å². The molecule has 3 amide bonds. The largest absolute Gasteiger partial charge is 0.466 e. The van der Waals surface area contributed by atoms with Gasteiger partial charge >= 0.3 is 0 Å². The Morgan fingerprint density at radius 2 is 1.81 bits per heavy atom. The molecule has 1 unspecified atom stereocenters. The lowest BCUT2D eigenvalue weighted by atomic mass is 10.0. The van der Waals surface area contributed by atoms with Crippen molar-refractivity contribution in [2.45, 2.75) is 12.5 Å². The molecule has 7 rings (SSSR count). The van der Waals surface area contributed by atoms with Crippen LogP contribution in [-0.4, -0.2) is 58.8 Å². The second-order valence-corrected chi connectivity index (χ2v) is 8.60. The van der Waals surface area contributed by atoms with E-state index in [0.717, 1.165) is 11.1 Å². The van der Waals surface area contributed by atoms with Gasteiger partial charge in [-0.2, -0.15) is 4.98 Å². The number of halogens is 1. The zero-order chi connectivity index (χ0) is 25.6. The lowest BCUT2D eigenvalue weighted by Crippen LogP contribution is -2.60. The Balaban J connectivity index is 1.60. The quantitative estimate of drug-likeness (QED) is 0.410. The summed E-state index contributed by atoms with van der Waals surface area (Å²) >= 11 is 0. The van der Waals surface area contributed by atoms with Crippen molar-refractivity contribution in [3.05, 3.63) is 54.5 Å². The van der Waals surface area contributed by atoms with Crippen molar-refractivity contribution in [3.8, 4) is 5.75 Å². The van der Waals surface area contributed by atoms with E-state index in [9.17, 15) is 18.8 Å². The maximum Gasteiger partial charge on any atom is 0.278 e. The number of fused-ring (bicyclic) bond motifs is 2. The van der Waals surface area contributed by atoms with Crippen LogP contribution in [0.1, 0.15) is 6.92 Å². The van der Waals surface area contributed by atoms with Crippen LogP contribution in [0.5, 0.6) is 5.75 Å². The van der Waals surface area contributed by atoms with Crippen LogP contribution in [0.15, 0.2) is 48.7 Å². The molecular weight excluding hydrogens is 469 g/mol. The number of hydrogen-bond acceptors (Lipinski definition) is 8. The Kier molecular flexibility index (Phi) is 5.43. The molecule has 4 aliphatic heterocycles. The Bertz CT molecular complexity index is 1410. The van der Waals surface area contributed by atoms with E-state index in [2.05, 4.69) is 25.9 Å².